The number of hydrogen-bond donors (Lipinski definition) is 1. The van der Waals surface area contributed by atoms with E-state index in [0.29, 0.717) is 18.0 Å². The molecule has 136 valence electrons. The molecule has 1 aliphatic heterocycles. The van der Waals surface area contributed by atoms with Crippen molar-refractivity contribution in [2.24, 2.45) is 5.92 Å². The zero-order chi connectivity index (χ0) is 18.5. The zero-order valence-electron chi connectivity index (χ0n) is 14.7. The fourth-order valence-corrected chi connectivity index (χ4v) is 3.12. The molecular weight excluding hydrogens is 332 g/mol. The highest BCUT2D eigenvalue weighted by molar-refractivity contribution is 6.00. The number of non-ortho nitro benzene ring substituents is 1. The van der Waals surface area contributed by atoms with Gasteiger partial charge in [0.1, 0.15) is 0 Å². The molecule has 1 aromatic heterocycles. The van der Waals surface area contributed by atoms with E-state index in [1.54, 1.807) is 18.5 Å². The number of hydrogen-bond acceptors (Lipinski definition) is 5. The van der Waals surface area contributed by atoms with Gasteiger partial charge in [-0.25, -0.2) is 0 Å². The van der Waals surface area contributed by atoms with Crippen LogP contribution < -0.4 is 10.2 Å². The lowest BCUT2D eigenvalue weighted by molar-refractivity contribution is -0.384. The third-order valence-electron chi connectivity index (χ3n) is 4.76. The molecule has 3 rings (SSSR count). The second-order valence-electron chi connectivity index (χ2n) is 6.67. The molecule has 1 aliphatic rings. The number of pyridine rings is 1. The molecule has 1 N–H and O–H groups in total. The Hall–Kier alpha value is -2.96. The molecule has 0 unspecified atom stereocenters. The van der Waals surface area contributed by atoms with Crippen LogP contribution in [0.15, 0.2) is 42.7 Å². The summed E-state index contributed by atoms with van der Waals surface area (Å²) in [5, 5.41) is 14.0. The van der Waals surface area contributed by atoms with Crippen LogP contribution in [-0.4, -0.2) is 28.9 Å². The van der Waals surface area contributed by atoms with Crippen molar-refractivity contribution in [1.29, 1.82) is 0 Å². The highest BCUT2D eigenvalue weighted by Crippen LogP contribution is 2.29. The van der Waals surface area contributed by atoms with Crippen molar-refractivity contribution in [3.05, 3.63) is 64.0 Å². The van der Waals surface area contributed by atoms with E-state index in [9.17, 15) is 14.9 Å². The number of amides is 1. The molecule has 26 heavy (non-hydrogen) atoms. The van der Waals surface area contributed by atoms with Gasteiger partial charge in [-0.05, 0) is 42.5 Å². The van der Waals surface area contributed by atoms with E-state index in [1.165, 1.54) is 12.1 Å². The molecule has 2 heterocycles. The highest BCUT2D eigenvalue weighted by atomic mass is 16.6. The van der Waals surface area contributed by atoms with Crippen LogP contribution in [0.1, 0.15) is 35.7 Å². The molecule has 7 heteroatoms. The van der Waals surface area contributed by atoms with Gasteiger partial charge in [0, 0.05) is 44.2 Å². The minimum atomic E-state index is -0.471. The van der Waals surface area contributed by atoms with Crippen LogP contribution in [0.25, 0.3) is 0 Å². The first-order chi connectivity index (χ1) is 12.5. The van der Waals surface area contributed by atoms with Crippen LogP contribution in [0.2, 0.25) is 0 Å². The van der Waals surface area contributed by atoms with Gasteiger partial charge in [-0.3, -0.25) is 19.9 Å². The standard InChI is InChI=1S/C19H22N4O3/c1-14-6-10-22(11-7-14)18-3-2-16(23(25)26)12-17(18)19(24)21-13-15-4-8-20-9-5-15/h2-5,8-9,12,14H,6-7,10-11,13H2,1H3,(H,21,24). The predicted octanol–water partition coefficient (Wildman–Crippen LogP) is 3.16. The van der Waals surface area contributed by atoms with Crippen LogP contribution in [0, 0.1) is 16.0 Å². The largest absolute Gasteiger partial charge is 0.371 e. The van der Waals surface area contributed by atoms with Crippen LogP contribution >= 0.6 is 0 Å². The number of anilines is 1. The van der Waals surface area contributed by atoms with Crippen molar-refractivity contribution in [2.45, 2.75) is 26.3 Å². The Morgan fingerprint density at radius 3 is 2.62 bits per heavy atom. The van der Waals surface area contributed by atoms with Crippen LogP contribution in [0.5, 0.6) is 0 Å². The Morgan fingerprint density at radius 2 is 1.96 bits per heavy atom. The maximum absolute atomic E-state index is 12.7. The van der Waals surface area contributed by atoms with Gasteiger partial charge in [-0.2, -0.15) is 0 Å². The molecule has 1 aromatic carbocycles. The van der Waals surface area contributed by atoms with Crippen molar-refractivity contribution in [3.63, 3.8) is 0 Å². The zero-order valence-corrected chi connectivity index (χ0v) is 14.7. The van der Waals surface area contributed by atoms with Crippen molar-refractivity contribution in [1.82, 2.24) is 10.3 Å². The first kappa shape index (κ1) is 17.8. The number of benzene rings is 1. The van der Waals surface area contributed by atoms with Gasteiger partial charge in [0.2, 0.25) is 0 Å². The summed E-state index contributed by atoms with van der Waals surface area (Å²) in [4.78, 5) is 29.5. The molecule has 0 aliphatic carbocycles. The molecular formula is C19H22N4O3. The van der Waals surface area contributed by atoms with Crippen LogP contribution in [0.3, 0.4) is 0 Å². The number of carbonyl (C=O) groups excluding carboxylic acids is 1. The lowest BCUT2D eigenvalue weighted by Gasteiger charge is -2.33. The second-order valence-corrected chi connectivity index (χ2v) is 6.67. The monoisotopic (exact) mass is 354 g/mol. The molecule has 1 fully saturated rings. The van der Waals surface area contributed by atoms with Crippen molar-refractivity contribution >= 4 is 17.3 Å². The SMILES string of the molecule is CC1CCN(c2ccc([N+](=O)[O-])cc2C(=O)NCc2ccncc2)CC1. The Labute approximate surface area is 152 Å². The normalized spacial score (nSPS) is 14.9. The molecule has 1 saturated heterocycles. The minimum Gasteiger partial charge on any atom is -0.371 e. The van der Waals surface area contributed by atoms with Gasteiger partial charge >= 0.3 is 0 Å². The van der Waals surface area contributed by atoms with Gasteiger partial charge in [-0.1, -0.05) is 6.92 Å². The lowest BCUT2D eigenvalue weighted by atomic mass is 9.98. The average Bonchev–Trinajstić information content (AvgIpc) is 2.67. The Kier molecular flexibility index (Phi) is 5.46. The topological polar surface area (TPSA) is 88.4 Å². The molecule has 0 bridgehead atoms. The number of rotatable bonds is 5. The summed E-state index contributed by atoms with van der Waals surface area (Å²) >= 11 is 0. The van der Waals surface area contributed by atoms with Gasteiger partial charge in [0.05, 0.1) is 16.2 Å². The second kappa shape index (κ2) is 7.95. The van der Waals surface area contributed by atoms with E-state index < -0.39 is 4.92 Å². The van der Waals surface area contributed by atoms with Crippen LogP contribution in [0.4, 0.5) is 11.4 Å². The van der Waals surface area contributed by atoms with Gasteiger partial charge in [-0.15, -0.1) is 0 Å². The number of piperidine rings is 1. The first-order valence-corrected chi connectivity index (χ1v) is 8.75. The van der Waals surface area contributed by atoms with Gasteiger partial charge < -0.3 is 10.2 Å². The summed E-state index contributed by atoms with van der Waals surface area (Å²) < 4.78 is 0. The Balaban J connectivity index is 1.83. The summed E-state index contributed by atoms with van der Waals surface area (Å²) in [5.41, 5.74) is 1.96. The molecule has 0 saturated carbocycles. The molecule has 0 radical (unpaired) electrons. The van der Waals surface area contributed by atoms with E-state index in [1.807, 2.05) is 12.1 Å². The van der Waals surface area contributed by atoms with E-state index in [0.717, 1.165) is 37.2 Å². The van der Waals surface area contributed by atoms with Crippen molar-refractivity contribution in [3.8, 4) is 0 Å². The quantitative estimate of drug-likeness (QED) is 0.658. The van der Waals surface area contributed by atoms with E-state index >= 15 is 0 Å². The summed E-state index contributed by atoms with van der Waals surface area (Å²) in [5.74, 6) is 0.354. The number of nitro benzene ring substituents is 1. The highest BCUT2D eigenvalue weighted by Gasteiger charge is 2.23. The van der Waals surface area contributed by atoms with Crippen molar-refractivity contribution in [2.75, 3.05) is 18.0 Å². The molecule has 0 spiro atoms. The smallest absolute Gasteiger partial charge is 0.270 e. The van der Waals surface area contributed by atoms with Gasteiger partial charge in [0.25, 0.3) is 11.6 Å². The van der Waals surface area contributed by atoms with E-state index in [4.69, 9.17) is 0 Å². The minimum absolute atomic E-state index is 0.0758. The predicted molar refractivity (Wildman–Crippen MR) is 99.1 cm³/mol. The Morgan fingerprint density at radius 1 is 1.27 bits per heavy atom. The number of nitro groups is 1. The number of carbonyl (C=O) groups is 1. The summed E-state index contributed by atoms with van der Waals surface area (Å²) in [6.45, 7) is 4.27. The fourth-order valence-electron chi connectivity index (χ4n) is 3.12. The number of nitrogens with one attached hydrogen (secondary N) is 1. The third-order valence-corrected chi connectivity index (χ3v) is 4.76. The van der Waals surface area contributed by atoms with E-state index in [2.05, 4.69) is 22.1 Å². The molecule has 2 aromatic rings. The number of aromatic nitrogens is 1. The average molecular weight is 354 g/mol. The fraction of sp³-hybridized carbons (Fsp3) is 0.368. The summed E-state index contributed by atoms with van der Waals surface area (Å²) in [6, 6.07) is 8.17. The van der Waals surface area contributed by atoms with E-state index in [-0.39, 0.29) is 11.6 Å². The summed E-state index contributed by atoms with van der Waals surface area (Å²) in [6.07, 6.45) is 5.43. The first-order valence-electron chi connectivity index (χ1n) is 8.75. The maximum atomic E-state index is 12.7. The summed E-state index contributed by atoms with van der Waals surface area (Å²) in [7, 11) is 0. The maximum Gasteiger partial charge on any atom is 0.270 e. The molecule has 0 atom stereocenters. The van der Waals surface area contributed by atoms with Crippen molar-refractivity contribution < 1.29 is 9.72 Å². The van der Waals surface area contributed by atoms with Crippen LogP contribution in [-0.2, 0) is 6.54 Å². The van der Waals surface area contributed by atoms with Gasteiger partial charge in [0.15, 0.2) is 0 Å². The number of nitrogens with zero attached hydrogens (tertiary/aromatic N) is 3. The Bertz CT molecular complexity index is 787. The molecule has 7 nitrogen and oxygen atoms in total. The lowest BCUT2D eigenvalue weighted by Crippen LogP contribution is -2.35. The molecule has 1 amide bonds. The third kappa shape index (κ3) is 4.17.